The van der Waals surface area contributed by atoms with Crippen molar-refractivity contribution >= 4 is 5.97 Å². The maximum absolute atomic E-state index is 11.5. The molecule has 4 aliphatic rings. The molecule has 0 heterocycles. The fraction of sp³-hybridized carbons (Fsp3) is 0.870. The third kappa shape index (κ3) is 2.52. The summed E-state index contributed by atoms with van der Waals surface area (Å²) in [6.07, 6.45) is 8.66. The third-order valence-electron chi connectivity index (χ3n) is 8.86. The van der Waals surface area contributed by atoms with E-state index in [1.807, 2.05) is 0 Å². The van der Waals surface area contributed by atoms with Crippen LogP contribution in [0.25, 0.3) is 0 Å². The minimum absolute atomic E-state index is 0.121. The van der Waals surface area contributed by atoms with Gasteiger partial charge in [0.25, 0.3) is 0 Å². The van der Waals surface area contributed by atoms with Gasteiger partial charge in [-0.05, 0) is 73.5 Å². The maximum atomic E-state index is 11.5. The lowest BCUT2D eigenvalue weighted by molar-refractivity contribution is -0.154. The number of rotatable bonds is 1. The zero-order valence-corrected chi connectivity index (χ0v) is 17.1. The summed E-state index contributed by atoms with van der Waals surface area (Å²) in [6.45, 7) is 11.0. The fourth-order valence-electron chi connectivity index (χ4n) is 7.85. The van der Waals surface area contributed by atoms with Gasteiger partial charge in [0.2, 0.25) is 0 Å². The first-order valence-electron chi connectivity index (χ1n) is 10.7. The number of ether oxygens (including phenoxy) is 1. The third-order valence-corrected chi connectivity index (χ3v) is 8.86. The van der Waals surface area contributed by atoms with Gasteiger partial charge < -0.3 is 9.84 Å². The summed E-state index contributed by atoms with van der Waals surface area (Å²) in [4.78, 5) is 11.5. The number of hydrogen-bond acceptors (Lipinski definition) is 3. The van der Waals surface area contributed by atoms with E-state index in [0.29, 0.717) is 29.1 Å². The molecule has 3 saturated carbocycles. The highest BCUT2D eigenvalue weighted by Gasteiger charge is 2.63. The van der Waals surface area contributed by atoms with Crippen LogP contribution in [0.5, 0.6) is 0 Å². The number of allylic oxidation sites excluding steroid dienone is 2. The molecule has 0 amide bonds. The number of fused-ring (bicyclic) bond motifs is 5. The molecule has 3 heteroatoms. The molecule has 0 radical (unpaired) electrons. The molecular formula is C23H36O3. The Morgan fingerprint density at radius 2 is 2.04 bits per heavy atom. The van der Waals surface area contributed by atoms with Crippen molar-refractivity contribution in [2.75, 3.05) is 0 Å². The molecule has 0 spiro atoms. The Hall–Kier alpha value is -0.830. The number of esters is 1. The molecule has 3 nitrogen and oxygen atoms in total. The fourth-order valence-corrected chi connectivity index (χ4v) is 7.85. The van der Waals surface area contributed by atoms with Crippen LogP contribution in [0.3, 0.4) is 0 Å². The summed E-state index contributed by atoms with van der Waals surface area (Å²) in [6, 6.07) is 0. The van der Waals surface area contributed by atoms with Gasteiger partial charge in [0.15, 0.2) is 0 Å². The van der Waals surface area contributed by atoms with E-state index in [4.69, 9.17) is 4.74 Å². The molecule has 0 aromatic rings. The minimum atomic E-state index is -0.524. The van der Waals surface area contributed by atoms with Crippen molar-refractivity contribution in [3.05, 3.63) is 11.6 Å². The largest absolute Gasteiger partial charge is 0.460 e. The van der Waals surface area contributed by atoms with Crippen molar-refractivity contribution in [3.63, 3.8) is 0 Å². The lowest BCUT2D eigenvalue weighted by Crippen LogP contribution is -2.54. The molecule has 1 N–H and O–H groups in total. The van der Waals surface area contributed by atoms with E-state index in [-0.39, 0.29) is 17.5 Å². The highest BCUT2D eigenvalue weighted by atomic mass is 16.6. The first-order valence-corrected chi connectivity index (χ1v) is 10.7. The highest BCUT2D eigenvalue weighted by molar-refractivity contribution is 5.66. The Morgan fingerprint density at radius 3 is 2.73 bits per heavy atom. The van der Waals surface area contributed by atoms with Crippen molar-refractivity contribution in [1.82, 2.24) is 0 Å². The molecule has 9 atom stereocenters. The predicted molar refractivity (Wildman–Crippen MR) is 102 cm³/mol. The summed E-state index contributed by atoms with van der Waals surface area (Å²) in [5, 5.41) is 11.0. The van der Waals surface area contributed by atoms with Crippen LogP contribution in [-0.2, 0) is 9.53 Å². The van der Waals surface area contributed by atoms with Crippen LogP contribution in [0.15, 0.2) is 11.6 Å². The quantitative estimate of drug-likeness (QED) is 0.543. The van der Waals surface area contributed by atoms with Gasteiger partial charge >= 0.3 is 5.97 Å². The van der Waals surface area contributed by atoms with Crippen molar-refractivity contribution in [2.24, 2.45) is 40.4 Å². The SMILES string of the molecule is CC(=O)O[C@@H]1CC2C3CC=C4C[C@@H](C)CC[C@]4(C)C3[C@@H](C)C[C@]2(C)[C@H]1O. The van der Waals surface area contributed by atoms with E-state index < -0.39 is 6.10 Å². The standard InChI is InChI=1S/C23H36O3/c1-13-8-9-22(4)16(10-13)6-7-17-18-11-19(26-15(3)24)21(25)23(18,5)12-14(2)20(17)22/h6,13-14,17-21,25H,7-12H2,1-5H3/t13-,14-,17?,18?,19+,20?,21-,22-,23-/m0/s1. The predicted octanol–water partition coefficient (Wildman–Crippen LogP) is 4.73. The summed E-state index contributed by atoms with van der Waals surface area (Å²) in [5.41, 5.74) is 1.92. The van der Waals surface area contributed by atoms with Gasteiger partial charge in [-0.25, -0.2) is 0 Å². The molecule has 0 bridgehead atoms. The number of carbonyl (C=O) groups excluding carboxylic acids is 1. The van der Waals surface area contributed by atoms with Gasteiger partial charge in [-0.15, -0.1) is 0 Å². The summed E-state index contributed by atoms with van der Waals surface area (Å²) in [5.74, 6) is 2.93. The molecular weight excluding hydrogens is 324 g/mol. The molecule has 0 saturated heterocycles. The molecule has 26 heavy (non-hydrogen) atoms. The molecule has 0 aromatic carbocycles. The van der Waals surface area contributed by atoms with E-state index in [1.54, 1.807) is 5.57 Å². The van der Waals surface area contributed by atoms with Crippen LogP contribution >= 0.6 is 0 Å². The van der Waals surface area contributed by atoms with Crippen molar-refractivity contribution in [3.8, 4) is 0 Å². The van der Waals surface area contributed by atoms with Gasteiger partial charge in [0.05, 0.1) is 6.10 Å². The number of aliphatic hydroxyl groups is 1. The normalized spacial score (nSPS) is 53.2. The molecule has 0 aliphatic heterocycles. The van der Waals surface area contributed by atoms with Crippen molar-refractivity contribution in [2.45, 2.75) is 85.4 Å². The topological polar surface area (TPSA) is 46.5 Å². The van der Waals surface area contributed by atoms with E-state index >= 15 is 0 Å². The Kier molecular flexibility index (Phi) is 4.34. The maximum Gasteiger partial charge on any atom is 0.302 e. The smallest absolute Gasteiger partial charge is 0.302 e. The molecule has 3 fully saturated rings. The van der Waals surface area contributed by atoms with Crippen molar-refractivity contribution < 1.29 is 14.6 Å². The second-order valence-electron chi connectivity index (χ2n) is 10.5. The Morgan fingerprint density at radius 1 is 1.31 bits per heavy atom. The molecule has 146 valence electrons. The lowest BCUT2D eigenvalue weighted by atomic mass is 9.45. The van der Waals surface area contributed by atoms with E-state index in [9.17, 15) is 9.90 Å². The van der Waals surface area contributed by atoms with Gasteiger partial charge in [0, 0.05) is 12.3 Å². The average Bonchev–Trinajstić information content (AvgIpc) is 2.79. The van der Waals surface area contributed by atoms with E-state index in [2.05, 4.69) is 33.8 Å². The molecule has 0 aromatic heterocycles. The van der Waals surface area contributed by atoms with Crippen LogP contribution in [0.2, 0.25) is 0 Å². The summed E-state index contributed by atoms with van der Waals surface area (Å²) >= 11 is 0. The Bertz CT molecular complexity index is 625. The van der Waals surface area contributed by atoms with Crippen LogP contribution < -0.4 is 0 Å². The second-order valence-corrected chi connectivity index (χ2v) is 10.5. The lowest BCUT2D eigenvalue weighted by Gasteiger charge is -2.60. The first kappa shape index (κ1) is 18.5. The van der Waals surface area contributed by atoms with E-state index in [1.165, 1.54) is 26.2 Å². The molecule has 4 rings (SSSR count). The zero-order valence-electron chi connectivity index (χ0n) is 17.1. The Balaban J connectivity index is 1.68. The molecule has 4 aliphatic carbocycles. The minimum Gasteiger partial charge on any atom is -0.460 e. The molecule has 3 unspecified atom stereocenters. The van der Waals surface area contributed by atoms with Gasteiger partial charge in [-0.3, -0.25) is 4.79 Å². The van der Waals surface area contributed by atoms with Gasteiger partial charge in [-0.2, -0.15) is 0 Å². The van der Waals surface area contributed by atoms with Crippen LogP contribution in [0, 0.1) is 40.4 Å². The van der Waals surface area contributed by atoms with Gasteiger partial charge in [0.1, 0.15) is 6.10 Å². The van der Waals surface area contributed by atoms with Crippen LogP contribution in [-0.4, -0.2) is 23.3 Å². The van der Waals surface area contributed by atoms with Crippen LogP contribution in [0.1, 0.15) is 73.1 Å². The average molecular weight is 361 g/mol. The number of aliphatic hydroxyl groups excluding tert-OH is 1. The number of hydrogen-bond donors (Lipinski definition) is 1. The zero-order chi connectivity index (χ0) is 18.9. The monoisotopic (exact) mass is 360 g/mol. The van der Waals surface area contributed by atoms with Crippen molar-refractivity contribution in [1.29, 1.82) is 0 Å². The summed E-state index contributed by atoms with van der Waals surface area (Å²) < 4.78 is 5.54. The number of carbonyl (C=O) groups is 1. The Labute approximate surface area is 158 Å². The van der Waals surface area contributed by atoms with Gasteiger partial charge in [-0.1, -0.05) is 39.3 Å². The van der Waals surface area contributed by atoms with Crippen LogP contribution in [0.4, 0.5) is 0 Å². The van der Waals surface area contributed by atoms with E-state index in [0.717, 1.165) is 25.2 Å². The summed E-state index contributed by atoms with van der Waals surface area (Å²) in [7, 11) is 0. The first-order chi connectivity index (χ1) is 12.2. The second kappa shape index (κ2) is 6.09. The highest BCUT2D eigenvalue weighted by Crippen LogP contribution is 2.66.